The van der Waals surface area contributed by atoms with Crippen molar-refractivity contribution >= 4 is 0 Å². The maximum Gasteiger partial charge on any atom is 0.244 e. The fourth-order valence-corrected chi connectivity index (χ4v) is 2.03. The fourth-order valence-electron chi connectivity index (χ4n) is 2.03. The number of aromatic nitrogens is 2. The first-order chi connectivity index (χ1) is 8.74. The molecule has 0 spiro atoms. The van der Waals surface area contributed by atoms with Gasteiger partial charge in [-0.25, -0.2) is 4.39 Å². The predicted molar refractivity (Wildman–Crippen MR) is 61.1 cm³/mol. The Balaban J connectivity index is 1.88. The first-order valence-electron chi connectivity index (χ1n) is 5.74. The van der Waals surface area contributed by atoms with E-state index < -0.39 is 6.10 Å². The second-order valence-corrected chi connectivity index (χ2v) is 4.29. The Morgan fingerprint density at radius 3 is 2.94 bits per heavy atom. The van der Waals surface area contributed by atoms with Crippen LogP contribution in [0.25, 0.3) is 11.4 Å². The van der Waals surface area contributed by atoms with Crippen molar-refractivity contribution in [2.75, 3.05) is 6.54 Å². The second-order valence-electron chi connectivity index (χ2n) is 4.29. The molecule has 0 amide bonds. The lowest BCUT2D eigenvalue weighted by Crippen LogP contribution is -2.15. The number of nitrogens with one attached hydrogen (secondary N) is 1. The number of hydrogen-bond acceptors (Lipinski definition) is 5. The lowest BCUT2D eigenvalue weighted by molar-refractivity contribution is 0.191. The number of rotatable bonds is 2. The van der Waals surface area contributed by atoms with Gasteiger partial charge >= 0.3 is 0 Å². The summed E-state index contributed by atoms with van der Waals surface area (Å²) in [5.41, 5.74) is 0.311. The van der Waals surface area contributed by atoms with E-state index in [4.69, 9.17) is 4.52 Å². The third-order valence-corrected chi connectivity index (χ3v) is 2.96. The molecule has 5 nitrogen and oxygen atoms in total. The minimum absolute atomic E-state index is 0.159. The Morgan fingerprint density at radius 1 is 1.39 bits per heavy atom. The molecule has 2 N–H and O–H groups in total. The van der Waals surface area contributed by atoms with Crippen LogP contribution in [-0.4, -0.2) is 27.9 Å². The highest BCUT2D eigenvalue weighted by molar-refractivity contribution is 5.54. The smallest absolute Gasteiger partial charge is 0.244 e. The third-order valence-electron chi connectivity index (χ3n) is 2.96. The third kappa shape index (κ3) is 2.00. The molecule has 94 valence electrons. The zero-order valence-electron chi connectivity index (χ0n) is 9.51. The number of nitrogens with zero attached hydrogens (tertiary/aromatic N) is 2. The van der Waals surface area contributed by atoms with Crippen LogP contribution >= 0.6 is 0 Å². The van der Waals surface area contributed by atoms with Crippen LogP contribution in [0, 0.1) is 5.82 Å². The van der Waals surface area contributed by atoms with E-state index in [1.807, 2.05) is 0 Å². The molecule has 18 heavy (non-hydrogen) atoms. The molecule has 1 fully saturated rings. The van der Waals surface area contributed by atoms with E-state index in [-0.39, 0.29) is 17.7 Å². The first kappa shape index (κ1) is 11.3. The van der Waals surface area contributed by atoms with Gasteiger partial charge in [0.05, 0.1) is 17.7 Å². The molecule has 1 aliphatic heterocycles. The minimum atomic E-state index is -0.404. The highest BCUT2D eigenvalue weighted by Gasteiger charge is 2.28. The molecule has 0 saturated carbocycles. The SMILES string of the molecule is OC1CNC(c2nc(-c3ccccc3F)no2)C1. The Labute approximate surface area is 103 Å². The molecule has 3 rings (SSSR count). The summed E-state index contributed by atoms with van der Waals surface area (Å²) in [5.74, 6) is 0.223. The Morgan fingerprint density at radius 2 is 2.22 bits per heavy atom. The summed E-state index contributed by atoms with van der Waals surface area (Å²) in [4.78, 5) is 4.17. The van der Waals surface area contributed by atoms with Crippen molar-refractivity contribution in [3.05, 3.63) is 36.0 Å². The van der Waals surface area contributed by atoms with E-state index in [1.165, 1.54) is 6.07 Å². The highest BCUT2D eigenvalue weighted by Crippen LogP contribution is 2.25. The van der Waals surface area contributed by atoms with E-state index in [9.17, 15) is 9.50 Å². The van der Waals surface area contributed by atoms with Crippen LogP contribution in [0.2, 0.25) is 0 Å². The quantitative estimate of drug-likeness (QED) is 0.838. The van der Waals surface area contributed by atoms with Crippen molar-refractivity contribution in [2.45, 2.75) is 18.6 Å². The molecule has 1 saturated heterocycles. The van der Waals surface area contributed by atoms with Crippen LogP contribution in [0.5, 0.6) is 0 Å². The lowest BCUT2D eigenvalue weighted by atomic mass is 10.2. The monoisotopic (exact) mass is 249 g/mol. The summed E-state index contributed by atoms with van der Waals surface area (Å²) in [6.45, 7) is 0.502. The summed E-state index contributed by atoms with van der Waals surface area (Å²) < 4.78 is 18.7. The molecular weight excluding hydrogens is 237 g/mol. The number of aliphatic hydroxyl groups is 1. The summed E-state index contributed by atoms with van der Waals surface area (Å²) in [6, 6.07) is 6.11. The molecule has 0 bridgehead atoms. The molecule has 1 aliphatic rings. The molecule has 2 aromatic rings. The molecule has 0 radical (unpaired) electrons. The maximum absolute atomic E-state index is 13.5. The molecular formula is C12H12FN3O2. The minimum Gasteiger partial charge on any atom is -0.392 e. The molecule has 1 aromatic heterocycles. The fraction of sp³-hybridized carbons (Fsp3) is 0.333. The summed E-state index contributed by atoms with van der Waals surface area (Å²) in [6.07, 6.45) is 0.123. The number of hydrogen-bond donors (Lipinski definition) is 2. The molecule has 6 heteroatoms. The molecule has 1 aromatic carbocycles. The predicted octanol–water partition coefficient (Wildman–Crippen LogP) is 1.27. The van der Waals surface area contributed by atoms with Crippen molar-refractivity contribution in [2.24, 2.45) is 0 Å². The van der Waals surface area contributed by atoms with Crippen LogP contribution in [0.4, 0.5) is 4.39 Å². The van der Waals surface area contributed by atoms with Gasteiger partial charge in [0.1, 0.15) is 5.82 Å². The average Bonchev–Trinajstić information content (AvgIpc) is 2.98. The number of β-amino-alcohol motifs (C(OH)–C–C–N with tert-alkyl or cyclic N) is 1. The normalized spacial score (nSPS) is 23.4. The Bertz CT molecular complexity index is 558. The van der Waals surface area contributed by atoms with Crippen molar-refractivity contribution in [1.82, 2.24) is 15.5 Å². The van der Waals surface area contributed by atoms with Gasteiger partial charge in [0.25, 0.3) is 0 Å². The van der Waals surface area contributed by atoms with Gasteiger partial charge < -0.3 is 14.9 Å². The van der Waals surface area contributed by atoms with Crippen molar-refractivity contribution in [3.8, 4) is 11.4 Å². The van der Waals surface area contributed by atoms with Gasteiger partial charge in [-0.1, -0.05) is 17.3 Å². The van der Waals surface area contributed by atoms with Crippen LogP contribution in [-0.2, 0) is 0 Å². The number of halogens is 1. The summed E-state index contributed by atoms with van der Waals surface area (Å²) in [5, 5.41) is 16.2. The Kier molecular flexibility index (Phi) is 2.81. The highest BCUT2D eigenvalue weighted by atomic mass is 19.1. The van der Waals surface area contributed by atoms with Crippen LogP contribution in [0.1, 0.15) is 18.4 Å². The van der Waals surface area contributed by atoms with E-state index in [0.29, 0.717) is 24.4 Å². The van der Waals surface area contributed by atoms with Crippen LogP contribution in [0.15, 0.2) is 28.8 Å². The molecule has 2 unspecified atom stereocenters. The number of benzene rings is 1. The largest absolute Gasteiger partial charge is 0.392 e. The molecule has 0 aliphatic carbocycles. The zero-order valence-corrected chi connectivity index (χ0v) is 9.51. The van der Waals surface area contributed by atoms with E-state index in [1.54, 1.807) is 18.2 Å². The lowest BCUT2D eigenvalue weighted by Gasteiger charge is -2.01. The first-order valence-corrected chi connectivity index (χ1v) is 5.74. The van der Waals surface area contributed by atoms with E-state index in [2.05, 4.69) is 15.5 Å². The van der Waals surface area contributed by atoms with E-state index in [0.717, 1.165) is 0 Å². The van der Waals surface area contributed by atoms with Crippen LogP contribution < -0.4 is 5.32 Å². The van der Waals surface area contributed by atoms with Crippen LogP contribution in [0.3, 0.4) is 0 Å². The van der Waals surface area contributed by atoms with Gasteiger partial charge in [-0.05, 0) is 18.6 Å². The van der Waals surface area contributed by atoms with Crippen molar-refractivity contribution in [1.29, 1.82) is 0 Å². The van der Waals surface area contributed by atoms with Crippen molar-refractivity contribution < 1.29 is 14.0 Å². The van der Waals surface area contributed by atoms with Gasteiger partial charge in [0.2, 0.25) is 11.7 Å². The summed E-state index contributed by atoms with van der Waals surface area (Å²) >= 11 is 0. The van der Waals surface area contributed by atoms with Gasteiger partial charge in [-0.2, -0.15) is 4.98 Å². The second kappa shape index (κ2) is 4.47. The summed E-state index contributed by atoms with van der Waals surface area (Å²) in [7, 11) is 0. The molecule has 2 heterocycles. The van der Waals surface area contributed by atoms with E-state index >= 15 is 0 Å². The van der Waals surface area contributed by atoms with Gasteiger partial charge in [-0.15, -0.1) is 0 Å². The standard InChI is InChI=1S/C12H12FN3O2/c13-9-4-2-1-3-8(9)11-15-12(18-16-11)10-5-7(17)6-14-10/h1-4,7,10,14,17H,5-6H2. The molecule has 2 atom stereocenters. The van der Waals surface area contributed by atoms with Gasteiger partial charge in [0, 0.05) is 6.54 Å². The van der Waals surface area contributed by atoms with Gasteiger partial charge in [-0.3, -0.25) is 0 Å². The average molecular weight is 249 g/mol. The topological polar surface area (TPSA) is 71.2 Å². The number of aliphatic hydroxyl groups excluding tert-OH is 1. The van der Waals surface area contributed by atoms with Crippen molar-refractivity contribution in [3.63, 3.8) is 0 Å². The zero-order chi connectivity index (χ0) is 12.5. The maximum atomic E-state index is 13.5. The Hall–Kier alpha value is -1.79. The van der Waals surface area contributed by atoms with Gasteiger partial charge in [0.15, 0.2) is 0 Å².